The van der Waals surface area contributed by atoms with Crippen LogP contribution in [0.5, 0.6) is 0 Å². The molecule has 0 rings (SSSR count). The molecule has 10 heavy (non-hydrogen) atoms. The molecule has 0 fully saturated rings. The van der Waals surface area contributed by atoms with Gasteiger partial charge in [-0.3, -0.25) is 4.79 Å². The summed E-state index contributed by atoms with van der Waals surface area (Å²) in [5.41, 5.74) is 0. The van der Waals surface area contributed by atoms with E-state index in [2.05, 4.69) is 10.6 Å². The lowest BCUT2D eigenvalue weighted by atomic mass is 10.9. The number of hydrogen-bond acceptors (Lipinski definition) is 2. The van der Waals surface area contributed by atoms with Gasteiger partial charge in [-0.1, -0.05) is 0 Å². The lowest BCUT2D eigenvalue weighted by molar-refractivity contribution is -0.134. The summed E-state index contributed by atoms with van der Waals surface area (Å²) < 4.78 is 0. The molecule has 0 spiro atoms. The van der Waals surface area contributed by atoms with E-state index < -0.39 is 5.97 Å². The molecular formula is C5H12N2O3. The van der Waals surface area contributed by atoms with Crippen LogP contribution in [-0.4, -0.2) is 31.2 Å². The first-order valence-electron chi connectivity index (χ1n) is 2.63. The zero-order valence-electron chi connectivity index (χ0n) is 6.26. The summed E-state index contributed by atoms with van der Waals surface area (Å²) >= 11 is 0. The molecule has 0 aromatic carbocycles. The second-order valence-electron chi connectivity index (χ2n) is 1.35. The van der Waals surface area contributed by atoms with Gasteiger partial charge in [-0.05, 0) is 0 Å². The van der Waals surface area contributed by atoms with Crippen LogP contribution in [0.4, 0.5) is 4.79 Å². The van der Waals surface area contributed by atoms with Crippen LogP contribution in [-0.2, 0) is 4.79 Å². The van der Waals surface area contributed by atoms with Crippen molar-refractivity contribution in [1.29, 1.82) is 0 Å². The fraction of sp³-hybridized carbons (Fsp3) is 0.600. The number of carboxylic acid groups (broad SMARTS) is 1. The molecule has 0 aromatic heterocycles. The third-order valence-electron chi connectivity index (χ3n) is 0.454. The smallest absolute Gasteiger partial charge is 0.314 e. The minimum absolute atomic E-state index is 0.157. The maximum Gasteiger partial charge on any atom is 0.314 e. The van der Waals surface area contributed by atoms with Crippen LogP contribution < -0.4 is 10.6 Å². The van der Waals surface area contributed by atoms with Gasteiger partial charge in [0.25, 0.3) is 5.97 Å². The molecular weight excluding hydrogens is 136 g/mol. The Morgan fingerprint density at radius 2 is 1.40 bits per heavy atom. The van der Waals surface area contributed by atoms with E-state index in [9.17, 15) is 4.79 Å². The molecule has 0 saturated carbocycles. The molecule has 0 aliphatic carbocycles. The van der Waals surface area contributed by atoms with E-state index in [1.807, 2.05) is 0 Å². The van der Waals surface area contributed by atoms with Gasteiger partial charge in [0, 0.05) is 21.0 Å². The van der Waals surface area contributed by atoms with Crippen LogP contribution in [0.2, 0.25) is 0 Å². The maximum absolute atomic E-state index is 9.96. The summed E-state index contributed by atoms with van der Waals surface area (Å²) in [6, 6.07) is -0.157. The Hall–Kier alpha value is -1.26. The lowest BCUT2D eigenvalue weighted by Gasteiger charge is -1.91. The van der Waals surface area contributed by atoms with E-state index in [-0.39, 0.29) is 6.03 Å². The SMILES string of the molecule is CC(=O)O.CNC(=O)NC. The molecule has 60 valence electrons. The Kier molecular flexibility index (Phi) is 8.92. The van der Waals surface area contributed by atoms with Crippen molar-refractivity contribution in [3.63, 3.8) is 0 Å². The number of carboxylic acids is 1. The third kappa shape index (κ3) is 29.6. The van der Waals surface area contributed by atoms with Crippen molar-refractivity contribution in [2.45, 2.75) is 6.92 Å². The molecule has 0 saturated heterocycles. The number of hydrogen-bond donors (Lipinski definition) is 3. The number of urea groups is 1. The Morgan fingerprint density at radius 1 is 1.20 bits per heavy atom. The number of amides is 2. The average molecular weight is 148 g/mol. The fourth-order valence-corrected chi connectivity index (χ4v) is 0.125. The Bertz CT molecular complexity index is 103. The number of aliphatic carboxylic acids is 1. The van der Waals surface area contributed by atoms with E-state index in [1.165, 1.54) is 0 Å². The quantitative estimate of drug-likeness (QED) is 0.438. The summed E-state index contributed by atoms with van der Waals surface area (Å²) in [6.45, 7) is 1.08. The molecule has 3 N–H and O–H groups in total. The molecule has 0 aliphatic heterocycles. The molecule has 5 heteroatoms. The van der Waals surface area contributed by atoms with Crippen molar-refractivity contribution in [3.05, 3.63) is 0 Å². The van der Waals surface area contributed by atoms with Crippen LogP contribution >= 0.6 is 0 Å². The summed E-state index contributed by atoms with van der Waals surface area (Å²) in [4.78, 5) is 19.0. The van der Waals surface area contributed by atoms with Gasteiger partial charge in [0.1, 0.15) is 0 Å². The minimum Gasteiger partial charge on any atom is -0.481 e. The monoisotopic (exact) mass is 148 g/mol. The standard InChI is InChI=1S/C3H8N2O.C2H4O2/c1-4-3(6)5-2;1-2(3)4/h1-2H3,(H2,4,5,6);1H3,(H,3,4). The van der Waals surface area contributed by atoms with Gasteiger partial charge in [0.05, 0.1) is 0 Å². The average Bonchev–Trinajstić information content (AvgIpc) is 1.85. The first kappa shape index (κ1) is 11.5. The number of nitrogens with one attached hydrogen (secondary N) is 2. The van der Waals surface area contributed by atoms with Crippen LogP contribution in [0.15, 0.2) is 0 Å². The van der Waals surface area contributed by atoms with Gasteiger partial charge < -0.3 is 15.7 Å². The van der Waals surface area contributed by atoms with E-state index in [0.29, 0.717) is 0 Å². The summed E-state index contributed by atoms with van der Waals surface area (Å²) in [7, 11) is 3.14. The van der Waals surface area contributed by atoms with Gasteiger partial charge in [-0.25, -0.2) is 4.79 Å². The van der Waals surface area contributed by atoms with Gasteiger partial charge in [-0.15, -0.1) is 0 Å². The van der Waals surface area contributed by atoms with E-state index in [0.717, 1.165) is 6.92 Å². The molecule has 2 amide bonds. The number of carbonyl (C=O) groups is 2. The number of carbonyl (C=O) groups excluding carboxylic acids is 1. The lowest BCUT2D eigenvalue weighted by Crippen LogP contribution is -2.28. The molecule has 5 nitrogen and oxygen atoms in total. The summed E-state index contributed by atoms with van der Waals surface area (Å²) in [5.74, 6) is -0.833. The molecule has 0 heterocycles. The molecule has 0 bridgehead atoms. The highest BCUT2D eigenvalue weighted by Gasteiger charge is 1.81. The van der Waals surface area contributed by atoms with Crippen LogP contribution in [0.3, 0.4) is 0 Å². The van der Waals surface area contributed by atoms with Crippen molar-refractivity contribution in [1.82, 2.24) is 10.6 Å². The summed E-state index contributed by atoms with van der Waals surface area (Å²) in [5, 5.41) is 12.1. The predicted molar refractivity (Wildman–Crippen MR) is 36.8 cm³/mol. The maximum atomic E-state index is 9.96. The van der Waals surface area contributed by atoms with Crippen LogP contribution in [0.25, 0.3) is 0 Å². The summed E-state index contributed by atoms with van der Waals surface area (Å²) in [6.07, 6.45) is 0. The van der Waals surface area contributed by atoms with Crippen molar-refractivity contribution in [2.75, 3.05) is 14.1 Å². The van der Waals surface area contributed by atoms with Crippen molar-refractivity contribution >= 4 is 12.0 Å². The molecule has 0 radical (unpaired) electrons. The van der Waals surface area contributed by atoms with Gasteiger partial charge in [0.2, 0.25) is 0 Å². The molecule has 0 aliphatic rings. The normalized spacial score (nSPS) is 6.70. The minimum atomic E-state index is -0.833. The Labute approximate surface area is 59.4 Å². The first-order chi connectivity index (χ1) is 4.54. The van der Waals surface area contributed by atoms with Crippen molar-refractivity contribution in [2.24, 2.45) is 0 Å². The predicted octanol–water partition coefficient (Wildman–Crippen LogP) is -0.364. The van der Waals surface area contributed by atoms with E-state index >= 15 is 0 Å². The zero-order chi connectivity index (χ0) is 8.57. The van der Waals surface area contributed by atoms with Gasteiger partial charge in [0.15, 0.2) is 0 Å². The van der Waals surface area contributed by atoms with Gasteiger partial charge >= 0.3 is 6.03 Å². The van der Waals surface area contributed by atoms with E-state index in [1.54, 1.807) is 14.1 Å². The molecule has 0 unspecified atom stereocenters. The molecule has 0 atom stereocenters. The first-order valence-corrected chi connectivity index (χ1v) is 2.63. The van der Waals surface area contributed by atoms with Crippen molar-refractivity contribution in [3.8, 4) is 0 Å². The highest BCUT2D eigenvalue weighted by atomic mass is 16.4. The number of rotatable bonds is 0. The highest BCUT2D eigenvalue weighted by Crippen LogP contribution is 1.48. The van der Waals surface area contributed by atoms with Crippen molar-refractivity contribution < 1.29 is 14.7 Å². The zero-order valence-corrected chi connectivity index (χ0v) is 6.26. The fourth-order valence-electron chi connectivity index (χ4n) is 0.125. The largest absolute Gasteiger partial charge is 0.481 e. The van der Waals surface area contributed by atoms with E-state index in [4.69, 9.17) is 9.90 Å². The molecule has 0 aromatic rings. The third-order valence-corrected chi connectivity index (χ3v) is 0.454. The second kappa shape index (κ2) is 7.74. The second-order valence-corrected chi connectivity index (χ2v) is 1.35. The van der Waals surface area contributed by atoms with Crippen LogP contribution in [0.1, 0.15) is 6.92 Å². The Morgan fingerprint density at radius 3 is 1.40 bits per heavy atom. The Balaban J connectivity index is 0. The van der Waals surface area contributed by atoms with Gasteiger partial charge in [-0.2, -0.15) is 0 Å². The highest BCUT2D eigenvalue weighted by molar-refractivity contribution is 5.72. The van der Waals surface area contributed by atoms with Crippen LogP contribution in [0, 0.1) is 0 Å². The topological polar surface area (TPSA) is 78.4 Å².